The highest BCUT2D eigenvalue weighted by Crippen LogP contribution is 2.33. The van der Waals surface area contributed by atoms with Crippen LogP contribution in [-0.4, -0.2) is 29.5 Å². The molecule has 1 N–H and O–H groups in total. The molecule has 132 valence electrons. The van der Waals surface area contributed by atoms with Crippen LogP contribution in [0, 0.1) is 0 Å². The number of carbonyl (C=O) groups excluding carboxylic acids is 2. The molecule has 0 radical (unpaired) electrons. The van der Waals surface area contributed by atoms with E-state index in [0.29, 0.717) is 6.54 Å². The molecule has 0 spiro atoms. The topological polar surface area (TPSA) is 58.6 Å². The Hall–Kier alpha value is -2.34. The van der Waals surface area contributed by atoms with Crippen molar-refractivity contribution in [1.29, 1.82) is 0 Å². The number of thiophene rings is 1. The fourth-order valence-electron chi connectivity index (χ4n) is 3.06. The molecule has 1 aromatic heterocycles. The lowest BCUT2D eigenvalue weighted by molar-refractivity contribution is -0.135. The van der Waals surface area contributed by atoms with E-state index in [2.05, 4.69) is 16.8 Å². The summed E-state index contributed by atoms with van der Waals surface area (Å²) in [6.07, 6.45) is 0.291. The molecule has 0 fully saturated rings. The zero-order valence-corrected chi connectivity index (χ0v) is 15.2. The SMILES string of the molecule is C[C@@H]1c2ccsc2CCN1C(=O)[C@@H](C)NC(=O)OCc1ccccc1. The average molecular weight is 358 g/mol. The van der Waals surface area contributed by atoms with Crippen molar-refractivity contribution >= 4 is 23.3 Å². The maximum absolute atomic E-state index is 12.7. The van der Waals surface area contributed by atoms with Gasteiger partial charge >= 0.3 is 6.09 Å². The molecule has 25 heavy (non-hydrogen) atoms. The first-order valence-corrected chi connectivity index (χ1v) is 9.28. The summed E-state index contributed by atoms with van der Waals surface area (Å²) in [7, 11) is 0. The molecule has 1 aliphatic heterocycles. The second-order valence-electron chi connectivity index (χ2n) is 6.18. The van der Waals surface area contributed by atoms with Gasteiger partial charge in [0.15, 0.2) is 0 Å². The molecular weight excluding hydrogens is 336 g/mol. The summed E-state index contributed by atoms with van der Waals surface area (Å²) >= 11 is 1.74. The normalized spacial score (nSPS) is 17.5. The molecule has 5 nitrogen and oxygen atoms in total. The minimum absolute atomic E-state index is 0.0343. The highest BCUT2D eigenvalue weighted by molar-refractivity contribution is 7.10. The number of nitrogens with one attached hydrogen (secondary N) is 1. The smallest absolute Gasteiger partial charge is 0.408 e. The average Bonchev–Trinajstić information content (AvgIpc) is 3.10. The summed E-state index contributed by atoms with van der Waals surface area (Å²) in [5.74, 6) is -0.0824. The number of alkyl carbamates (subject to hydrolysis) is 1. The zero-order valence-electron chi connectivity index (χ0n) is 14.4. The van der Waals surface area contributed by atoms with E-state index in [1.807, 2.05) is 42.2 Å². The number of hydrogen-bond acceptors (Lipinski definition) is 4. The van der Waals surface area contributed by atoms with Gasteiger partial charge in [0.25, 0.3) is 0 Å². The van der Waals surface area contributed by atoms with Gasteiger partial charge in [0.2, 0.25) is 5.91 Å². The molecule has 2 heterocycles. The van der Waals surface area contributed by atoms with Gasteiger partial charge in [-0.1, -0.05) is 30.3 Å². The van der Waals surface area contributed by atoms with Gasteiger partial charge < -0.3 is 15.0 Å². The molecule has 0 unspecified atom stereocenters. The molecule has 0 saturated carbocycles. The second-order valence-corrected chi connectivity index (χ2v) is 7.19. The van der Waals surface area contributed by atoms with Crippen LogP contribution >= 0.6 is 11.3 Å². The van der Waals surface area contributed by atoms with Crippen molar-refractivity contribution in [2.24, 2.45) is 0 Å². The second kappa shape index (κ2) is 7.70. The third-order valence-electron chi connectivity index (χ3n) is 4.48. The predicted molar refractivity (Wildman–Crippen MR) is 97.4 cm³/mol. The van der Waals surface area contributed by atoms with Crippen LogP contribution in [0.5, 0.6) is 0 Å². The first-order valence-electron chi connectivity index (χ1n) is 8.40. The molecule has 2 amide bonds. The van der Waals surface area contributed by atoms with Crippen LogP contribution in [0.15, 0.2) is 41.8 Å². The number of amides is 2. The first-order chi connectivity index (χ1) is 12.1. The lowest BCUT2D eigenvalue weighted by atomic mass is 10.0. The van der Waals surface area contributed by atoms with Gasteiger partial charge in [-0.2, -0.15) is 0 Å². The van der Waals surface area contributed by atoms with Crippen LogP contribution in [0.2, 0.25) is 0 Å². The molecule has 3 rings (SSSR count). The van der Waals surface area contributed by atoms with Crippen molar-refractivity contribution in [2.45, 2.75) is 39.0 Å². The Morgan fingerprint density at radius 3 is 2.84 bits per heavy atom. The van der Waals surface area contributed by atoms with Gasteiger partial charge in [-0.15, -0.1) is 11.3 Å². The summed E-state index contributed by atoms with van der Waals surface area (Å²) in [4.78, 5) is 27.8. The van der Waals surface area contributed by atoms with Crippen molar-refractivity contribution in [3.63, 3.8) is 0 Å². The maximum Gasteiger partial charge on any atom is 0.408 e. The summed E-state index contributed by atoms with van der Waals surface area (Å²) in [5, 5.41) is 4.70. The van der Waals surface area contributed by atoms with E-state index in [-0.39, 0.29) is 18.6 Å². The Morgan fingerprint density at radius 2 is 2.08 bits per heavy atom. The fourth-order valence-corrected chi connectivity index (χ4v) is 4.03. The third-order valence-corrected chi connectivity index (χ3v) is 5.47. The molecule has 6 heteroatoms. The van der Waals surface area contributed by atoms with E-state index >= 15 is 0 Å². The Bertz CT molecular complexity index is 744. The molecule has 1 aliphatic rings. The zero-order chi connectivity index (χ0) is 17.8. The number of hydrogen-bond donors (Lipinski definition) is 1. The number of ether oxygens (including phenoxy) is 1. The van der Waals surface area contributed by atoms with E-state index in [1.165, 1.54) is 10.4 Å². The minimum Gasteiger partial charge on any atom is -0.445 e. The van der Waals surface area contributed by atoms with E-state index in [4.69, 9.17) is 4.74 Å². The number of carbonyl (C=O) groups is 2. The monoisotopic (exact) mass is 358 g/mol. The summed E-state index contributed by atoms with van der Waals surface area (Å²) < 4.78 is 5.19. The van der Waals surface area contributed by atoms with Crippen LogP contribution in [0.25, 0.3) is 0 Å². The number of nitrogens with zero attached hydrogens (tertiary/aromatic N) is 1. The van der Waals surface area contributed by atoms with Crippen molar-refractivity contribution in [2.75, 3.05) is 6.54 Å². The lowest BCUT2D eigenvalue weighted by Crippen LogP contribution is -2.49. The minimum atomic E-state index is -0.620. The van der Waals surface area contributed by atoms with Crippen LogP contribution < -0.4 is 5.32 Å². The highest BCUT2D eigenvalue weighted by Gasteiger charge is 2.31. The van der Waals surface area contributed by atoms with Crippen molar-refractivity contribution in [1.82, 2.24) is 10.2 Å². The molecule has 2 atom stereocenters. The Balaban J connectivity index is 1.53. The van der Waals surface area contributed by atoms with Gasteiger partial charge in [-0.25, -0.2) is 4.79 Å². The van der Waals surface area contributed by atoms with E-state index in [1.54, 1.807) is 18.3 Å². The van der Waals surface area contributed by atoms with Crippen molar-refractivity contribution < 1.29 is 14.3 Å². The van der Waals surface area contributed by atoms with Crippen molar-refractivity contribution in [3.8, 4) is 0 Å². The fraction of sp³-hybridized carbons (Fsp3) is 0.368. The molecular formula is C19H22N2O3S. The van der Waals surface area contributed by atoms with Gasteiger partial charge in [-0.3, -0.25) is 4.79 Å². The number of rotatable bonds is 4. The van der Waals surface area contributed by atoms with Crippen LogP contribution in [0.4, 0.5) is 4.79 Å². The summed E-state index contributed by atoms with van der Waals surface area (Å²) in [6, 6.07) is 10.9. The number of fused-ring (bicyclic) bond motifs is 1. The highest BCUT2D eigenvalue weighted by atomic mass is 32.1. The first kappa shape index (κ1) is 17.5. The van der Waals surface area contributed by atoms with Gasteiger partial charge in [-0.05, 0) is 42.8 Å². The van der Waals surface area contributed by atoms with E-state index in [9.17, 15) is 9.59 Å². The van der Waals surface area contributed by atoms with E-state index < -0.39 is 12.1 Å². The standard InChI is InChI=1S/C19H22N2O3S/c1-13(20-19(23)24-12-15-6-4-3-5-7-15)18(22)21-10-8-17-16(14(21)2)9-11-25-17/h3-7,9,11,13-14H,8,10,12H2,1-2H3,(H,20,23)/t13-,14-/m1/s1. The Morgan fingerprint density at radius 1 is 1.32 bits per heavy atom. The lowest BCUT2D eigenvalue weighted by Gasteiger charge is -2.35. The summed E-state index contributed by atoms with van der Waals surface area (Å²) in [6.45, 7) is 4.59. The Labute approximate surface area is 151 Å². The Kier molecular flexibility index (Phi) is 5.38. The maximum atomic E-state index is 12.7. The number of benzene rings is 1. The summed E-state index contributed by atoms with van der Waals surface area (Å²) in [5.41, 5.74) is 2.12. The van der Waals surface area contributed by atoms with E-state index in [0.717, 1.165) is 12.0 Å². The van der Waals surface area contributed by atoms with Crippen LogP contribution in [0.3, 0.4) is 0 Å². The molecule has 0 bridgehead atoms. The quantitative estimate of drug-likeness (QED) is 0.910. The largest absolute Gasteiger partial charge is 0.445 e. The van der Waals surface area contributed by atoms with Crippen molar-refractivity contribution in [3.05, 3.63) is 57.8 Å². The molecule has 0 saturated heterocycles. The predicted octanol–water partition coefficient (Wildman–Crippen LogP) is 3.51. The van der Waals surface area contributed by atoms with Crippen LogP contribution in [-0.2, 0) is 22.6 Å². The molecule has 0 aliphatic carbocycles. The molecule has 2 aromatic rings. The van der Waals surface area contributed by atoms with Gasteiger partial charge in [0, 0.05) is 11.4 Å². The molecule has 1 aromatic carbocycles. The van der Waals surface area contributed by atoms with Gasteiger partial charge in [0.05, 0.1) is 6.04 Å². The van der Waals surface area contributed by atoms with Crippen LogP contribution in [0.1, 0.15) is 35.9 Å². The third kappa shape index (κ3) is 4.02. The van der Waals surface area contributed by atoms with Gasteiger partial charge in [0.1, 0.15) is 12.6 Å².